The van der Waals surface area contributed by atoms with Gasteiger partial charge in [0.2, 0.25) is 0 Å². The van der Waals surface area contributed by atoms with Crippen LogP contribution in [-0.2, 0) is 30.9 Å². The SMILES string of the molecule is Cc1cc(F)ccc1COc1ccc(S(=O)(=O)NN(O)C(=O)C2=CC3OCOC3C2)cc1. The number of amides is 1. The van der Waals surface area contributed by atoms with Gasteiger partial charge in [-0.2, -0.15) is 0 Å². The minimum atomic E-state index is -4.23. The zero-order valence-electron chi connectivity index (χ0n) is 17.0. The molecule has 32 heavy (non-hydrogen) atoms. The molecule has 1 fully saturated rings. The predicted octanol–water partition coefficient (Wildman–Crippen LogP) is 2.20. The minimum Gasteiger partial charge on any atom is -0.489 e. The molecule has 4 rings (SSSR count). The maximum absolute atomic E-state index is 13.2. The van der Waals surface area contributed by atoms with Crippen LogP contribution >= 0.6 is 0 Å². The van der Waals surface area contributed by atoms with Crippen molar-refractivity contribution in [3.8, 4) is 5.75 Å². The summed E-state index contributed by atoms with van der Waals surface area (Å²) in [6.07, 6.45) is 1.02. The molecule has 1 aliphatic carbocycles. The van der Waals surface area contributed by atoms with Gasteiger partial charge < -0.3 is 14.2 Å². The summed E-state index contributed by atoms with van der Waals surface area (Å²) >= 11 is 0. The van der Waals surface area contributed by atoms with Gasteiger partial charge in [-0.25, -0.2) is 12.8 Å². The summed E-state index contributed by atoms with van der Waals surface area (Å²) in [5.41, 5.74) is 1.71. The van der Waals surface area contributed by atoms with Crippen molar-refractivity contribution >= 4 is 15.9 Å². The van der Waals surface area contributed by atoms with Gasteiger partial charge in [-0.1, -0.05) is 10.9 Å². The molecule has 170 valence electrons. The molecule has 1 saturated heterocycles. The van der Waals surface area contributed by atoms with E-state index in [0.29, 0.717) is 5.75 Å². The van der Waals surface area contributed by atoms with E-state index in [1.165, 1.54) is 42.5 Å². The van der Waals surface area contributed by atoms with E-state index in [1.54, 1.807) is 13.0 Å². The van der Waals surface area contributed by atoms with Crippen LogP contribution in [0.25, 0.3) is 0 Å². The molecule has 1 amide bonds. The summed E-state index contributed by atoms with van der Waals surface area (Å²) < 4.78 is 54.4. The summed E-state index contributed by atoms with van der Waals surface area (Å²) in [7, 11) is -4.23. The number of sulfonamides is 1. The number of nitrogens with zero attached hydrogens (tertiary/aromatic N) is 1. The van der Waals surface area contributed by atoms with E-state index in [4.69, 9.17) is 14.2 Å². The van der Waals surface area contributed by atoms with Gasteiger partial charge in [-0.05, 0) is 60.5 Å². The molecule has 0 bridgehead atoms. The largest absolute Gasteiger partial charge is 0.489 e. The third kappa shape index (κ3) is 4.81. The zero-order valence-corrected chi connectivity index (χ0v) is 17.8. The van der Waals surface area contributed by atoms with Gasteiger partial charge in [0.1, 0.15) is 31.1 Å². The Morgan fingerprint density at radius 1 is 1.25 bits per heavy atom. The number of rotatable bonds is 7. The molecule has 2 N–H and O–H groups in total. The predicted molar refractivity (Wildman–Crippen MR) is 108 cm³/mol. The van der Waals surface area contributed by atoms with E-state index in [2.05, 4.69) is 0 Å². The number of carbonyl (C=O) groups is 1. The number of hydrazine groups is 1. The lowest BCUT2D eigenvalue weighted by molar-refractivity contribution is -0.167. The Balaban J connectivity index is 1.36. The maximum Gasteiger partial charge on any atom is 0.289 e. The van der Waals surface area contributed by atoms with Gasteiger partial charge in [0.15, 0.2) is 0 Å². The van der Waals surface area contributed by atoms with Crippen molar-refractivity contribution in [2.75, 3.05) is 6.79 Å². The van der Waals surface area contributed by atoms with E-state index >= 15 is 0 Å². The average Bonchev–Trinajstić information content (AvgIpc) is 3.35. The van der Waals surface area contributed by atoms with Gasteiger partial charge >= 0.3 is 0 Å². The Labute approximate surface area is 184 Å². The number of hydrogen-bond donors (Lipinski definition) is 2. The van der Waals surface area contributed by atoms with Crippen molar-refractivity contribution in [3.05, 3.63) is 71.1 Å². The Morgan fingerprint density at radius 3 is 2.69 bits per heavy atom. The maximum atomic E-state index is 13.2. The Bertz CT molecular complexity index is 1150. The number of benzene rings is 2. The van der Waals surface area contributed by atoms with Crippen LogP contribution in [0.4, 0.5) is 4.39 Å². The van der Waals surface area contributed by atoms with Crippen LogP contribution in [0.5, 0.6) is 5.75 Å². The zero-order chi connectivity index (χ0) is 22.9. The summed E-state index contributed by atoms with van der Waals surface area (Å²) in [5, 5.41) is 9.90. The first-order chi connectivity index (χ1) is 15.2. The Kier molecular flexibility index (Phi) is 6.26. The van der Waals surface area contributed by atoms with Crippen molar-refractivity contribution in [1.82, 2.24) is 10.0 Å². The molecular formula is C21H21FN2O7S. The van der Waals surface area contributed by atoms with Crippen LogP contribution in [0.1, 0.15) is 17.5 Å². The van der Waals surface area contributed by atoms with Crippen molar-refractivity contribution in [2.24, 2.45) is 0 Å². The summed E-state index contributed by atoms with van der Waals surface area (Å²) in [6.45, 7) is 2.07. The molecular weight excluding hydrogens is 443 g/mol. The highest BCUT2D eigenvalue weighted by Crippen LogP contribution is 2.29. The Morgan fingerprint density at radius 2 is 2.00 bits per heavy atom. The van der Waals surface area contributed by atoms with Crippen LogP contribution in [0.3, 0.4) is 0 Å². The number of halogens is 1. The van der Waals surface area contributed by atoms with Crippen molar-refractivity contribution in [2.45, 2.75) is 37.1 Å². The van der Waals surface area contributed by atoms with Gasteiger partial charge in [0.05, 0.1) is 11.0 Å². The highest BCUT2D eigenvalue weighted by Gasteiger charge is 2.38. The molecule has 0 spiro atoms. The second-order valence-electron chi connectivity index (χ2n) is 7.39. The number of aryl methyl sites for hydroxylation is 1. The fraction of sp³-hybridized carbons (Fsp3) is 0.286. The number of fused-ring (bicyclic) bond motifs is 1. The third-order valence-corrected chi connectivity index (χ3v) is 6.51. The van der Waals surface area contributed by atoms with E-state index < -0.39 is 15.9 Å². The van der Waals surface area contributed by atoms with Gasteiger partial charge in [-0.15, -0.1) is 5.17 Å². The van der Waals surface area contributed by atoms with Crippen LogP contribution in [0.15, 0.2) is 59.0 Å². The summed E-state index contributed by atoms with van der Waals surface area (Å²) in [4.78, 5) is 14.0. The normalized spacial score (nSPS) is 20.0. The third-order valence-electron chi connectivity index (χ3n) is 5.20. The van der Waals surface area contributed by atoms with Crippen LogP contribution in [0.2, 0.25) is 0 Å². The minimum absolute atomic E-state index is 0.0655. The molecule has 1 heterocycles. The quantitative estimate of drug-likeness (QED) is 0.477. The molecule has 2 aromatic rings. The number of nitrogens with one attached hydrogen (secondary N) is 1. The number of ether oxygens (including phenoxy) is 3. The van der Waals surface area contributed by atoms with Crippen LogP contribution < -0.4 is 9.57 Å². The first-order valence-electron chi connectivity index (χ1n) is 9.70. The molecule has 1 aliphatic heterocycles. The van der Waals surface area contributed by atoms with Gasteiger partial charge in [-0.3, -0.25) is 10.0 Å². The van der Waals surface area contributed by atoms with Crippen molar-refractivity contribution < 1.29 is 37.0 Å². The molecule has 9 nitrogen and oxygen atoms in total. The first-order valence-corrected chi connectivity index (χ1v) is 11.2. The monoisotopic (exact) mass is 464 g/mol. The first kappa shape index (κ1) is 22.4. The number of hydrogen-bond acceptors (Lipinski definition) is 7. The molecule has 0 radical (unpaired) electrons. The van der Waals surface area contributed by atoms with E-state index in [1.807, 2.05) is 4.83 Å². The standard InChI is InChI=1S/C21H21FN2O7S/c1-13-8-16(22)3-2-14(13)11-29-17-4-6-18(7-5-17)32(27,28)23-24(26)21(25)15-9-19-20(10-15)31-12-30-19/h2-9,19-20,23,26H,10-12H2,1H3. The van der Waals surface area contributed by atoms with Gasteiger partial charge in [0.25, 0.3) is 15.9 Å². The van der Waals surface area contributed by atoms with Crippen molar-refractivity contribution in [1.29, 1.82) is 0 Å². The van der Waals surface area contributed by atoms with Crippen molar-refractivity contribution in [3.63, 3.8) is 0 Å². The molecule has 0 saturated carbocycles. The van der Waals surface area contributed by atoms with E-state index in [9.17, 15) is 22.8 Å². The molecule has 0 aromatic heterocycles. The van der Waals surface area contributed by atoms with Gasteiger partial charge in [0, 0.05) is 12.0 Å². The second kappa shape index (κ2) is 8.96. The number of hydroxylamine groups is 1. The summed E-state index contributed by atoms with van der Waals surface area (Å²) in [6, 6.07) is 9.77. The average molecular weight is 464 g/mol. The lowest BCUT2D eigenvalue weighted by Crippen LogP contribution is -2.44. The van der Waals surface area contributed by atoms with E-state index in [-0.39, 0.29) is 53.5 Å². The summed E-state index contributed by atoms with van der Waals surface area (Å²) in [5.74, 6) is -0.851. The molecule has 2 aliphatic rings. The number of carbonyl (C=O) groups excluding carboxylic acids is 1. The lowest BCUT2D eigenvalue weighted by atomic mass is 10.1. The van der Waals surface area contributed by atoms with E-state index in [0.717, 1.165) is 11.1 Å². The lowest BCUT2D eigenvalue weighted by Gasteiger charge is -2.17. The van der Waals surface area contributed by atoms with Crippen LogP contribution in [0, 0.1) is 12.7 Å². The second-order valence-corrected chi connectivity index (χ2v) is 9.05. The molecule has 2 aromatic carbocycles. The topological polar surface area (TPSA) is 114 Å². The Hall–Kier alpha value is -2.83. The molecule has 11 heteroatoms. The highest BCUT2D eigenvalue weighted by atomic mass is 32.2. The fourth-order valence-electron chi connectivity index (χ4n) is 3.42. The fourth-order valence-corrected chi connectivity index (χ4v) is 4.33. The molecule has 2 atom stereocenters. The van der Waals surface area contributed by atoms with Crippen LogP contribution in [-0.4, -0.2) is 43.7 Å². The highest BCUT2D eigenvalue weighted by molar-refractivity contribution is 7.89. The molecule has 2 unspecified atom stereocenters. The smallest absolute Gasteiger partial charge is 0.289 e.